The highest BCUT2D eigenvalue weighted by Gasteiger charge is 1.93. The van der Waals surface area contributed by atoms with Crippen molar-refractivity contribution in [2.24, 2.45) is 0 Å². The van der Waals surface area contributed by atoms with E-state index in [1.807, 2.05) is 6.92 Å². The van der Waals surface area contributed by atoms with Crippen LogP contribution in [0.15, 0.2) is 30.8 Å². The van der Waals surface area contributed by atoms with E-state index in [2.05, 4.69) is 48.4 Å². The average Bonchev–Trinajstić information content (AvgIpc) is 2.06. The van der Waals surface area contributed by atoms with Gasteiger partial charge in [0.2, 0.25) is 0 Å². The van der Waals surface area contributed by atoms with Crippen LogP contribution in [0.2, 0.25) is 0 Å². The van der Waals surface area contributed by atoms with Crippen molar-refractivity contribution in [3.63, 3.8) is 0 Å². The van der Waals surface area contributed by atoms with E-state index in [1.165, 1.54) is 11.1 Å². The van der Waals surface area contributed by atoms with Gasteiger partial charge >= 0.3 is 0 Å². The number of nitrogens with one attached hydrogen (secondary N) is 1. The second-order valence-corrected chi connectivity index (χ2v) is 3.13. The summed E-state index contributed by atoms with van der Waals surface area (Å²) in [5, 5.41) is 0. The lowest BCUT2D eigenvalue weighted by Crippen LogP contribution is -1.97. The number of benzene rings is 1. The van der Waals surface area contributed by atoms with Gasteiger partial charge in [-0.15, -0.1) is 0 Å². The minimum Gasteiger partial charge on any atom is -0.262 e. The van der Waals surface area contributed by atoms with Crippen LogP contribution in [-0.4, -0.2) is 0 Å². The smallest absolute Gasteiger partial charge is 0.0307 e. The van der Waals surface area contributed by atoms with Crippen LogP contribution in [0.3, 0.4) is 0 Å². The summed E-state index contributed by atoms with van der Waals surface area (Å²) in [7, 11) is 0. The van der Waals surface area contributed by atoms with Gasteiger partial charge < -0.3 is 0 Å². The van der Waals surface area contributed by atoms with E-state index in [9.17, 15) is 0 Å². The molecular weight excluding hydrogens is 166 g/mol. The fraction of sp³-hybridized carbons (Fsp3) is 0.200. The Morgan fingerprint density at radius 3 is 2.42 bits per heavy atom. The first kappa shape index (κ1) is 9.36. The highest BCUT2D eigenvalue weighted by Crippen LogP contribution is 2.12. The predicted octanol–water partition coefficient (Wildman–Crippen LogP) is 2.65. The number of rotatable bonds is 3. The maximum atomic E-state index is 3.93. The molecule has 1 nitrogen and oxygen atoms in total. The Kier molecular flexibility index (Phi) is 3.38. The van der Waals surface area contributed by atoms with Gasteiger partial charge in [0.25, 0.3) is 0 Å². The van der Waals surface area contributed by atoms with E-state index in [-0.39, 0.29) is 0 Å². The number of hydrogen-bond donors (Lipinski definition) is 2. The fourth-order valence-electron chi connectivity index (χ4n) is 0.998. The largest absolute Gasteiger partial charge is 0.262 e. The zero-order valence-corrected chi connectivity index (χ0v) is 8.07. The topological polar surface area (TPSA) is 12.0 Å². The molecule has 0 aliphatic rings. The Labute approximate surface area is 79.0 Å². The van der Waals surface area contributed by atoms with Crippen molar-refractivity contribution in [1.82, 2.24) is 4.72 Å². The van der Waals surface area contributed by atoms with E-state index in [0.717, 1.165) is 12.1 Å². The van der Waals surface area contributed by atoms with Crippen molar-refractivity contribution >= 4 is 18.4 Å². The van der Waals surface area contributed by atoms with Gasteiger partial charge in [0, 0.05) is 6.54 Å². The summed E-state index contributed by atoms with van der Waals surface area (Å²) in [6.07, 6.45) is 0. The standard InChI is InChI=1S/C10H13NS/c1-8(2)10-5-3-9(4-6-10)7-11-12/h3-6,11-12H,1,7H2,2H3. The molecule has 0 saturated carbocycles. The quantitative estimate of drug-likeness (QED) is 0.680. The normalized spacial score (nSPS) is 9.83. The summed E-state index contributed by atoms with van der Waals surface area (Å²) in [6, 6.07) is 8.30. The molecule has 1 N–H and O–H groups in total. The van der Waals surface area contributed by atoms with Crippen LogP contribution in [0.5, 0.6) is 0 Å². The SMILES string of the molecule is C=C(C)c1ccc(CNS)cc1. The molecule has 1 aromatic carbocycles. The molecule has 0 bridgehead atoms. The zero-order chi connectivity index (χ0) is 8.97. The Morgan fingerprint density at radius 1 is 1.42 bits per heavy atom. The van der Waals surface area contributed by atoms with Crippen LogP contribution < -0.4 is 4.72 Å². The maximum absolute atomic E-state index is 3.93. The Morgan fingerprint density at radius 2 is 2.00 bits per heavy atom. The summed E-state index contributed by atoms with van der Waals surface area (Å²) >= 11 is 3.93. The lowest BCUT2D eigenvalue weighted by molar-refractivity contribution is 0.985. The van der Waals surface area contributed by atoms with Crippen LogP contribution in [0.4, 0.5) is 0 Å². The van der Waals surface area contributed by atoms with Crippen molar-refractivity contribution in [2.45, 2.75) is 13.5 Å². The monoisotopic (exact) mass is 179 g/mol. The minimum atomic E-state index is 0.791. The van der Waals surface area contributed by atoms with E-state index in [1.54, 1.807) is 0 Å². The van der Waals surface area contributed by atoms with Gasteiger partial charge in [0.15, 0.2) is 0 Å². The molecule has 0 aromatic heterocycles. The number of thiol groups is 1. The van der Waals surface area contributed by atoms with Gasteiger partial charge in [-0.05, 0) is 18.1 Å². The van der Waals surface area contributed by atoms with E-state index >= 15 is 0 Å². The van der Waals surface area contributed by atoms with Crippen molar-refractivity contribution in [2.75, 3.05) is 0 Å². The minimum absolute atomic E-state index is 0.791. The average molecular weight is 179 g/mol. The third-order valence-corrected chi connectivity index (χ3v) is 1.89. The summed E-state index contributed by atoms with van der Waals surface area (Å²) in [6.45, 7) is 6.67. The molecule has 0 aliphatic carbocycles. The van der Waals surface area contributed by atoms with Gasteiger partial charge in [-0.1, -0.05) is 49.2 Å². The maximum Gasteiger partial charge on any atom is 0.0307 e. The molecule has 12 heavy (non-hydrogen) atoms. The summed E-state index contributed by atoms with van der Waals surface area (Å²) in [5.74, 6) is 0. The first-order chi connectivity index (χ1) is 5.74. The molecule has 0 unspecified atom stereocenters. The zero-order valence-electron chi connectivity index (χ0n) is 7.17. The van der Waals surface area contributed by atoms with Crippen molar-refractivity contribution in [3.05, 3.63) is 42.0 Å². The lowest BCUT2D eigenvalue weighted by Gasteiger charge is -2.01. The molecule has 0 amide bonds. The Balaban J connectivity index is 2.78. The molecule has 0 atom stereocenters. The van der Waals surface area contributed by atoms with Crippen molar-refractivity contribution < 1.29 is 0 Å². The highest BCUT2D eigenvalue weighted by atomic mass is 32.1. The summed E-state index contributed by atoms with van der Waals surface area (Å²) in [4.78, 5) is 0. The lowest BCUT2D eigenvalue weighted by atomic mass is 10.1. The Bertz CT molecular complexity index is 264. The second-order valence-electron chi connectivity index (χ2n) is 2.81. The van der Waals surface area contributed by atoms with Gasteiger partial charge in [-0.3, -0.25) is 4.72 Å². The third kappa shape index (κ3) is 2.40. The van der Waals surface area contributed by atoms with Crippen LogP contribution in [0.25, 0.3) is 5.57 Å². The van der Waals surface area contributed by atoms with Crippen LogP contribution in [0, 0.1) is 0 Å². The highest BCUT2D eigenvalue weighted by molar-refractivity contribution is 7.78. The first-order valence-electron chi connectivity index (χ1n) is 3.86. The molecule has 1 rings (SSSR count). The molecule has 0 heterocycles. The van der Waals surface area contributed by atoms with E-state index < -0.39 is 0 Å². The van der Waals surface area contributed by atoms with Crippen LogP contribution >= 0.6 is 12.8 Å². The van der Waals surface area contributed by atoms with Gasteiger partial charge in [0.05, 0.1) is 0 Å². The third-order valence-electron chi connectivity index (χ3n) is 1.73. The molecule has 0 spiro atoms. The number of allylic oxidation sites excluding steroid dienone is 1. The van der Waals surface area contributed by atoms with Crippen LogP contribution in [0.1, 0.15) is 18.1 Å². The molecule has 2 heteroatoms. The molecule has 0 saturated heterocycles. The molecule has 0 aliphatic heterocycles. The van der Waals surface area contributed by atoms with Crippen molar-refractivity contribution in [3.8, 4) is 0 Å². The molecular formula is C10H13NS. The summed E-state index contributed by atoms with van der Waals surface area (Å²) in [5.41, 5.74) is 3.52. The fourth-order valence-corrected chi connectivity index (χ4v) is 1.18. The van der Waals surface area contributed by atoms with Crippen LogP contribution in [-0.2, 0) is 6.54 Å². The van der Waals surface area contributed by atoms with Gasteiger partial charge in [-0.2, -0.15) is 0 Å². The molecule has 0 radical (unpaired) electrons. The number of hydrogen-bond acceptors (Lipinski definition) is 2. The molecule has 0 fully saturated rings. The van der Waals surface area contributed by atoms with E-state index in [4.69, 9.17) is 0 Å². The second kappa shape index (κ2) is 4.33. The first-order valence-corrected chi connectivity index (χ1v) is 4.30. The Hall–Kier alpha value is -0.730. The molecule has 1 aromatic rings. The van der Waals surface area contributed by atoms with Gasteiger partial charge in [0.1, 0.15) is 0 Å². The van der Waals surface area contributed by atoms with E-state index in [0.29, 0.717) is 0 Å². The summed E-state index contributed by atoms with van der Waals surface area (Å²) < 4.78 is 2.80. The molecule has 64 valence electrons. The van der Waals surface area contributed by atoms with Gasteiger partial charge in [-0.25, -0.2) is 0 Å². The predicted molar refractivity (Wildman–Crippen MR) is 57.0 cm³/mol. The van der Waals surface area contributed by atoms with Crippen molar-refractivity contribution in [1.29, 1.82) is 0 Å².